The highest BCUT2D eigenvalue weighted by Crippen LogP contribution is 2.69. The maximum atomic E-state index is 5.80. The maximum absolute atomic E-state index is 5.80. The quantitative estimate of drug-likeness (QED) is 0.430. The molecule has 2 unspecified atom stereocenters. The van der Waals surface area contributed by atoms with E-state index in [1.165, 1.54) is 32.6 Å². The average Bonchev–Trinajstić information content (AvgIpc) is 3.19. The zero-order valence-electron chi connectivity index (χ0n) is 16.7. The summed E-state index contributed by atoms with van der Waals surface area (Å²) in [4.78, 5) is 5.29. The van der Waals surface area contributed by atoms with Crippen molar-refractivity contribution in [2.75, 3.05) is 4.90 Å². The number of benzene rings is 1. The Morgan fingerprint density at radius 2 is 1.81 bits per heavy atom. The van der Waals surface area contributed by atoms with Gasteiger partial charge in [0.1, 0.15) is 0 Å². The molecule has 2 atom stereocenters. The summed E-state index contributed by atoms with van der Waals surface area (Å²) in [5.74, 6) is 0. The Kier molecular flexibility index (Phi) is 2.88. The van der Waals surface area contributed by atoms with Crippen LogP contribution in [0.3, 0.4) is 0 Å². The lowest BCUT2D eigenvalue weighted by Crippen LogP contribution is -2.61. The largest absolute Gasteiger partial charge is 0.454 e. The summed E-state index contributed by atoms with van der Waals surface area (Å²) >= 11 is 1.86. The maximum Gasteiger partial charge on any atom is 0.188 e. The topological polar surface area (TPSA) is 16.4 Å². The Labute approximate surface area is 159 Å². The van der Waals surface area contributed by atoms with Crippen molar-refractivity contribution >= 4 is 27.3 Å². The van der Waals surface area contributed by atoms with Gasteiger partial charge in [0.15, 0.2) is 4.90 Å². The van der Waals surface area contributed by atoms with Gasteiger partial charge in [0.2, 0.25) is 0 Å². The third-order valence-corrected chi connectivity index (χ3v) is 9.34. The molecule has 2 aliphatic heterocycles. The van der Waals surface area contributed by atoms with Gasteiger partial charge in [0.05, 0.1) is 17.8 Å². The van der Waals surface area contributed by atoms with Crippen LogP contribution in [0.2, 0.25) is 0 Å². The van der Waals surface area contributed by atoms with Crippen LogP contribution >= 0.6 is 11.3 Å². The molecule has 2 aliphatic rings. The number of para-hydroxylation sites is 1. The Bertz CT molecular complexity index is 1050. The summed E-state index contributed by atoms with van der Waals surface area (Å²) in [5, 5.41) is 1.30. The van der Waals surface area contributed by atoms with Gasteiger partial charge in [-0.2, -0.15) is 0 Å². The van der Waals surface area contributed by atoms with Gasteiger partial charge >= 0.3 is 0 Å². The first-order valence-electron chi connectivity index (χ1n) is 9.54. The molecule has 0 fully saturated rings. The summed E-state index contributed by atoms with van der Waals surface area (Å²) in [5.41, 5.74) is 5.83. The molecule has 0 N–H and O–H groups in total. The standard InChI is InChI=1S/C23H27NOS/c1-13-9-8-10-16-18(13)24-14(2)17-15-11-12-25-20(15)26-19(17)23(24,7)22(5,6)21(16,3)4/h8-12,14H,1-7H3. The van der Waals surface area contributed by atoms with E-state index in [1.54, 1.807) is 0 Å². The molecule has 26 heavy (non-hydrogen) atoms. The average molecular weight is 366 g/mol. The van der Waals surface area contributed by atoms with Gasteiger partial charge in [-0.05, 0) is 43.4 Å². The number of aryl methyl sites for hydroxylation is 1. The molecule has 4 heterocycles. The number of anilines is 1. The van der Waals surface area contributed by atoms with E-state index in [2.05, 4.69) is 77.6 Å². The van der Waals surface area contributed by atoms with Crippen molar-refractivity contribution in [3.63, 3.8) is 0 Å². The summed E-state index contributed by atoms with van der Waals surface area (Å²) < 4.78 is 5.80. The van der Waals surface area contributed by atoms with Gasteiger partial charge < -0.3 is 9.32 Å². The molecule has 0 saturated carbocycles. The molecule has 3 heteroatoms. The zero-order valence-corrected chi connectivity index (χ0v) is 17.5. The van der Waals surface area contributed by atoms with Gasteiger partial charge in [-0.25, -0.2) is 0 Å². The SMILES string of the molecule is Cc1cccc2c1N1C(C)c3c(sc4occc34)C1(C)C(C)(C)C2(C)C. The highest BCUT2D eigenvalue weighted by Gasteiger charge is 2.64. The molecular weight excluding hydrogens is 338 g/mol. The van der Waals surface area contributed by atoms with Crippen molar-refractivity contribution in [2.24, 2.45) is 5.41 Å². The lowest BCUT2D eigenvalue weighted by atomic mass is 9.52. The summed E-state index contributed by atoms with van der Waals surface area (Å²) in [6.07, 6.45) is 1.84. The number of hydrogen-bond acceptors (Lipinski definition) is 3. The van der Waals surface area contributed by atoms with Crippen LogP contribution in [0.1, 0.15) is 69.2 Å². The fourth-order valence-electron chi connectivity index (χ4n) is 5.68. The van der Waals surface area contributed by atoms with E-state index in [0.717, 1.165) is 4.90 Å². The van der Waals surface area contributed by atoms with Crippen LogP contribution in [0.5, 0.6) is 0 Å². The van der Waals surface area contributed by atoms with Crippen molar-refractivity contribution < 1.29 is 4.42 Å². The Balaban J connectivity index is 1.94. The molecule has 3 aromatic rings. The Morgan fingerprint density at radius 3 is 2.54 bits per heavy atom. The fourth-order valence-corrected chi connectivity index (χ4v) is 7.20. The van der Waals surface area contributed by atoms with Crippen molar-refractivity contribution in [1.82, 2.24) is 0 Å². The van der Waals surface area contributed by atoms with Crippen molar-refractivity contribution in [1.29, 1.82) is 0 Å². The fraction of sp³-hybridized carbons (Fsp3) is 0.478. The number of fused-ring (bicyclic) bond motifs is 7. The molecule has 0 spiro atoms. The first-order chi connectivity index (χ1) is 12.1. The highest BCUT2D eigenvalue weighted by atomic mass is 32.1. The van der Waals surface area contributed by atoms with Crippen LogP contribution in [0.4, 0.5) is 5.69 Å². The Morgan fingerprint density at radius 1 is 1.08 bits per heavy atom. The molecule has 0 radical (unpaired) electrons. The van der Waals surface area contributed by atoms with Gasteiger partial charge in [-0.1, -0.05) is 45.9 Å². The predicted molar refractivity (Wildman–Crippen MR) is 110 cm³/mol. The van der Waals surface area contributed by atoms with Crippen molar-refractivity contribution in [2.45, 2.75) is 65.5 Å². The molecule has 0 bridgehead atoms. The number of nitrogens with zero attached hydrogens (tertiary/aromatic N) is 1. The summed E-state index contributed by atoms with van der Waals surface area (Å²) in [6.45, 7) is 16.8. The van der Waals surface area contributed by atoms with E-state index in [0.29, 0.717) is 6.04 Å². The number of thiophene rings is 1. The smallest absolute Gasteiger partial charge is 0.188 e. The zero-order chi connectivity index (χ0) is 18.6. The second-order valence-electron chi connectivity index (χ2n) is 9.31. The van der Waals surface area contributed by atoms with Crippen molar-refractivity contribution in [3.8, 4) is 0 Å². The molecule has 0 amide bonds. The molecule has 2 aromatic heterocycles. The monoisotopic (exact) mass is 365 g/mol. The van der Waals surface area contributed by atoms with Gasteiger partial charge in [0.25, 0.3) is 0 Å². The highest BCUT2D eigenvalue weighted by molar-refractivity contribution is 7.18. The van der Waals surface area contributed by atoms with E-state index < -0.39 is 0 Å². The second-order valence-corrected chi connectivity index (χ2v) is 10.3. The van der Waals surface area contributed by atoms with Gasteiger partial charge in [-0.3, -0.25) is 0 Å². The molecule has 0 saturated heterocycles. The van der Waals surface area contributed by atoms with E-state index in [4.69, 9.17) is 4.42 Å². The molecule has 1 aromatic carbocycles. The van der Waals surface area contributed by atoms with Crippen LogP contribution < -0.4 is 4.90 Å². The van der Waals surface area contributed by atoms with Gasteiger partial charge in [0, 0.05) is 26.9 Å². The van der Waals surface area contributed by atoms with E-state index >= 15 is 0 Å². The first-order valence-corrected chi connectivity index (χ1v) is 10.4. The Hall–Kier alpha value is -1.74. The number of furan rings is 1. The van der Waals surface area contributed by atoms with E-state index in [-0.39, 0.29) is 16.4 Å². The van der Waals surface area contributed by atoms with Crippen molar-refractivity contribution in [3.05, 3.63) is 52.1 Å². The van der Waals surface area contributed by atoms with Crippen LogP contribution in [-0.4, -0.2) is 0 Å². The second kappa shape index (κ2) is 4.56. The normalized spacial score (nSPS) is 28.1. The molecule has 136 valence electrons. The number of hydrogen-bond donors (Lipinski definition) is 0. The molecule has 5 rings (SSSR count). The van der Waals surface area contributed by atoms with E-state index in [9.17, 15) is 0 Å². The van der Waals surface area contributed by atoms with E-state index in [1.807, 2.05) is 17.6 Å². The van der Waals surface area contributed by atoms with Gasteiger partial charge in [-0.15, -0.1) is 11.3 Å². The third kappa shape index (κ3) is 1.49. The minimum atomic E-state index is -0.0590. The lowest BCUT2D eigenvalue weighted by Gasteiger charge is -2.62. The minimum absolute atomic E-state index is 0.0581. The number of rotatable bonds is 0. The van der Waals surface area contributed by atoms with Crippen LogP contribution in [0.25, 0.3) is 10.3 Å². The lowest BCUT2D eigenvalue weighted by molar-refractivity contribution is 0.0672. The molecule has 2 nitrogen and oxygen atoms in total. The predicted octanol–water partition coefficient (Wildman–Crippen LogP) is 6.92. The minimum Gasteiger partial charge on any atom is -0.454 e. The molecule has 0 aliphatic carbocycles. The van der Waals surface area contributed by atoms with Crippen LogP contribution in [0, 0.1) is 12.3 Å². The first kappa shape index (κ1) is 16.4. The molecular formula is C23H27NOS. The van der Waals surface area contributed by atoms with Crippen LogP contribution in [-0.2, 0) is 11.0 Å². The van der Waals surface area contributed by atoms with Crippen LogP contribution in [0.15, 0.2) is 34.9 Å². The summed E-state index contributed by atoms with van der Waals surface area (Å²) in [6, 6.07) is 9.33. The summed E-state index contributed by atoms with van der Waals surface area (Å²) in [7, 11) is 0. The third-order valence-electron chi connectivity index (χ3n) is 8.02.